The van der Waals surface area contributed by atoms with E-state index in [9.17, 15) is 4.39 Å². The van der Waals surface area contributed by atoms with Crippen LogP contribution in [0.3, 0.4) is 0 Å². The summed E-state index contributed by atoms with van der Waals surface area (Å²) in [7, 11) is 0. The van der Waals surface area contributed by atoms with Crippen molar-refractivity contribution in [3.8, 4) is 0 Å². The van der Waals surface area contributed by atoms with Crippen LogP contribution in [0.5, 0.6) is 0 Å². The van der Waals surface area contributed by atoms with Gasteiger partial charge in [-0.15, -0.1) is 0 Å². The summed E-state index contributed by atoms with van der Waals surface area (Å²) in [5.74, 6) is 0.362. The molecule has 1 aromatic rings. The average Bonchev–Trinajstić information content (AvgIpc) is 2.67. The predicted molar refractivity (Wildman–Crippen MR) is 49.3 cm³/mol. The number of hydrogen-bond acceptors (Lipinski definition) is 2. The maximum absolute atomic E-state index is 12.6. The number of rotatable bonds is 2. The van der Waals surface area contributed by atoms with Gasteiger partial charge in [-0.3, -0.25) is 9.37 Å². The van der Waals surface area contributed by atoms with Gasteiger partial charge in [0.1, 0.15) is 0 Å². The van der Waals surface area contributed by atoms with Crippen LogP contribution in [0.15, 0.2) is 24.4 Å². The number of alkyl halides is 1. The zero-order valence-corrected chi connectivity index (χ0v) is 7.41. The second kappa shape index (κ2) is 3.83. The molecule has 70 valence electrons. The zero-order valence-electron chi connectivity index (χ0n) is 7.41. The minimum atomic E-state index is -0.256. The summed E-state index contributed by atoms with van der Waals surface area (Å²) in [5.41, 5.74) is 1.01. The summed E-state index contributed by atoms with van der Waals surface area (Å²) in [6.45, 7) is 1.37. The highest BCUT2D eigenvalue weighted by Crippen LogP contribution is 2.26. The second-order valence-electron chi connectivity index (χ2n) is 3.43. The molecule has 0 radical (unpaired) electrons. The van der Waals surface area contributed by atoms with Gasteiger partial charge in [0.15, 0.2) is 0 Å². The van der Waals surface area contributed by atoms with Crippen molar-refractivity contribution in [2.45, 2.75) is 5.92 Å². The third-order valence-corrected chi connectivity index (χ3v) is 2.61. The maximum atomic E-state index is 12.6. The van der Waals surface area contributed by atoms with Crippen LogP contribution >= 0.6 is 0 Å². The molecule has 0 aliphatic carbocycles. The molecule has 1 N–H and O–H groups in total. The van der Waals surface area contributed by atoms with Crippen LogP contribution in [-0.2, 0) is 0 Å². The third-order valence-electron chi connectivity index (χ3n) is 2.61. The van der Waals surface area contributed by atoms with Gasteiger partial charge in [-0.25, -0.2) is 0 Å². The van der Waals surface area contributed by atoms with Crippen molar-refractivity contribution in [1.82, 2.24) is 10.3 Å². The standard InChI is InChI=1S/C10H13FN2/c11-5-8-6-12-7-9(8)10-3-1-2-4-13-10/h1-4,8-9,12H,5-7H2. The third kappa shape index (κ3) is 1.70. The quantitative estimate of drug-likeness (QED) is 0.743. The fraction of sp³-hybridized carbons (Fsp3) is 0.500. The fourth-order valence-electron chi connectivity index (χ4n) is 1.84. The molecule has 1 aromatic heterocycles. The first-order valence-corrected chi connectivity index (χ1v) is 4.59. The SMILES string of the molecule is FCC1CNCC1c1ccccn1. The van der Waals surface area contributed by atoms with Crippen LogP contribution in [0.25, 0.3) is 0 Å². The molecule has 3 heteroatoms. The average molecular weight is 180 g/mol. The Labute approximate surface area is 77.2 Å². The molecule has 2 heterocycles. The van der Waals surface area contributed by atoms with Crippen molar-refractivity contribution in [3.05, 3.63) is 30.1 Å². The molecule has 2 atom stereocenters. The van der Waals surface area contributed by atoms with Crippen molar-refractivity contribution in [2.75, 3.05) is 19.8 Å². The van der Waals surface area contributed by atoms with E-state index in [-0.39, 0.29) is 18.5 Å². The summed E-state index contributed by atoms with van der Waals surface area (Å²) in [4.78, 5) is 4.25. The van der Waals surface area contributed by atoms with Crippen molar-refractivity contribution in [1.29, 1.82) is 0 Å². The zero-order chi connectivity index (χ0) is 9.10. The van der Waals surface area contributed by atoms with Gasteiger partial charge in [-0.05, 0) is 12.1 Å². The molecule has 13 heavy (non-hydrogen) atoms. The molecule has 1 fully saturated rings. The second-order valence-corrected chi connectivity index (χ2v) is 3.43. The van der Waals surface area contributed by atoms with Gasteiger partial charge in [0.05, 0.1) is 6.67 Å². The van der Waals surface area contributed by atoms with Crippen LogP contribution in [0, 0.1) is 5.92 Å². The van der Waals surface area contributed by atoms with E-state index in [0.717, 1.165) is 18.8 Å². The monoisotopic (exact) mass is 180 g/mol. The van der Waals surface area contributed by atoms with E-state index < -0.39 is 0 Å². The lowest BCUT2D eigenvalue weighted by atomic mass is 9.94. The van der Waals surface area contributed by atoms with E-state index >= 15 is 0 Å². The summed E-state index contributed by atoms with van der Waals surface area (Å²) in [5, 5.41) is 3.19. The van der Waals surface area contributed by atoms with Gasteiger partial charge in [0, 0.05) is 36.8 Å². The van der Waals surface area contributed by atoms with Crippen LogP contribution in [0.4, 0.5) is 4.39 Å². The van der Waals surface area contributed by atoms with Crippen molar-refractivity contribution < 1.29 is 4.39 Å². The van der Waals surface area contributed by atoms with Crippen LogP contribution in [0.2, 0.25) is 0 Å². The minimum Gasteiger partial charge on any atom is -0.316 e. The minimum absolute atomic E-state index is 0.106. The summed E-state index contributed by atoms with van der Waals surface area (Å²) >= 11 is 0. The summed E-state index contributed by atoms with van der Waals surface area (Å²) in [6, 6.07) is 5.81. The van der Waals surface area contributed by atoms with Crippen LogP contribution in [0.1, 0.15) is 11.6 Å². The van der Waals surface area contributed by atoms with Gasteiger partial charge in [0.25, 0.3) is 0 Å². The topological polar surface area (TPSA) is 24.9 Å². The van der Waals surface area contributed by atoms with Gasteiger partial charge in [-0.1, -0.05) is 6.07 Å². The highest BCUT2D eigenvalue weighted by molar-refractivity contribution is 5.13. The number of pyridine rings is 1. The molecule has 1 aliphatic rings. The highest BCUT2D eigenvalue weighted by Gasteiger charge is 2.28. The Morgan fingerprint density at radius 3 is 3.08 bits per heavy atom. The molecule has 1 aliphatic heterocycles. The Kier molecular flexibility index (Phi) is 2.54. The molecule has 0 saturated carbocycles. The molecule has 0 bridgehead atoms. The van der Waals surface area contributed by atoms with E-state index in [0.29, 0.717) is 0 Å². The lowest BCUT2D eigenvalue weighted by molar-refractivity contribution is 0.356. The normalized spacial score (nSPS) is 27.8. The largest absolute Gasteiger partial charge is 0.316 e. The predicted octanol–water partition coefficient (Wildman–Crippen LogP) is 1.35. The Balaban J connectivity index is 2.16. The number of halogens is 1. The van der Waals surface area contributed by atoms with Gasteiger partial charge >= 0.3 is 0 Å². The van der Waals surface area contributed by atoms with E-state index in [4.69, 9.17) is 0 Å². The van der Waals surface area contributed by atoms with Crippen molar-refractivity contribution >= 4 is 0 Å². The Morgan fingerprint density at radius 1 is 1.46 bits per heavy atom. The van der Waals surface area contributed by atoms with Crippen molar-refractivity contribution in [2.24, 2.45) is 5.92 Å². The first-order valence-electron chi connectivity index (χ1n) is 4.59. The lowest BCUT2D eigenvalue weighted by Gasteiger charge is -2.13. The Morgan fingerprint density at radius 2 is 2.38 bits per heavy atom. The smallest absolute Gasteiger partial charge is 0.0941 e. The fourth-order valence-corrected chi connectivity index (χ4v) is 1.84. The van der Waals surface area contributed by atoms with E-state index in [1.165, 1.54) is 0 Å². The lowest BCUT2D eigenvalue weighted by Crippen LogP contribution is -2.13. The van der Waals surface area contributed by atoms with Gasteiger partial charge < -0.3 is 5.32 Å². The number of aromatic nitrogens is 1. The Bertz CT molecular complexity index is 263. The molecule has 1 saturated heterocycles. The van der Waals surface area contributed by atoms with Gasteiger partial charge in [-0.2, -0.15) is 0 Å². The van der Waals surface area contributed by atoms with Crippen LogP contribution < -0.4 is 5.32 Å². The van der Waals surface area contributed by atoms with E-state index in [2.05, 4.69) is 10.3 Å². The molecular weight excluding hydrogens is 167 g/mol. The number of nitrogens with zero attached hydrogens (tertiary/aromatic N) is 1. The Hall–Kier alpha value is -0.960. The first-order chi connectivity index (χ1) is 6.42. The van der Waals surface area contributed by atoms with E-state index in [1.54, 1.807) is 6.20 Å². The molecular formula is C10H13FN2. The molecule has 2 rings (SSSR count). The molecule has 0 spiro atoms. The summed E-state index contributed by atoms with van der Waals surface area (Å²) < 4.78 is 12.6. The summed E-state index contributed by atoms with van der Waals surface area (Å²) in [6.07, 6.45) is 1.77. The number of hydrogen-bond donors (Lipinski definition) is 1. The van der Waals surface area contributed by atoms with E-state index in [1.807, 2.05) is 18.2 Å². The molecule has 2 unspecified atom stereocenters. The molecule has 0 amide bonds. The molecule has 0 aromatic carbocycles. The number of nitrogens with one attached hydrogen (secondary N) is 1. The van der Waals surface area contributed by atoms with Gasteiger partial charge in [0.2, 0.25) is 0 Å². The first kappa shape index (κ1) is 8.63. The highest BCUT2D eigenvalue weighted by atomic mass is 19.1. The maximum Gasteiger partial charge on any atom is 0.0941 e. The molecule has 2 nitrogen and oxygen atoms in total. The van der Waals surface area contributed by atoms with Crippen LogP contribution in [-0.4, -0.2) is 24.7 Å². The van der Waals surface area contributed by atoms with Crippen molar-refractivity contribution in [3.63, 3.8) is 0 Å².